The van der Waals surface area contributed by atoms with Gasteiger partial charge in [0.15, 0.2) is 0 Å². The molecule has 0 aliphatic heterocycles. The van der Waals surface area contributed by atoms with E-state index in [1.807, 2.05) is 25.1 Å². The molecule has 0 heterocycles. The minimum absolute atomic E-state index is 0.228. The van der Waals surface area contributed by atoms with Crippen molar-refractivity contribution in [1.82, 2.24) is 0 Å². The predicted molar refractivity (Wildman–Crippen MR) is 72.0 cm³/mol. The van der Waals surface area contributed by atoms with E-state index in [0.29, 0.717) is 5.92 Å². The van der Waals surface area contributed by atoms with Gasteiger partial charge in [0.05, 0.1) is 20.1 Å². The van der Waals surface area contributed by atoms with E-state index in [-0.39, 0.29) is 11.9 Å². The number of ether oxygens (including phenoxy) is 2. The molecule has 1 aromatic carbocycles. The van der Waals surface area contributed by atoms with Crippen LogP contribution in [0.15, 0.2) is 18.2 Å². The second-order valence-electron chi connectivity index (χ2n) is 4.91. The lowest BCUT2D eigenvalue weighted by Crippen LogP contribution is -2.11. The Kier molecular flexibility index (Phi) is 5.20. The maximum atomic E-state index is 11.5. The molecule has 1 unspecified atom stereocenters. The molecular formula is C15H22O3. The fourth-order valence-corrected chi connectivity index (χ4v) is 1.95. The Morgan fingerprint density at radius 2 is 1.89 bits per heavy atom. The highest BCUT2D eigenvalue weighted by Gasteiger charge is 2.17. The minimum Gasteiger partial charge on any atom is -0.496 e. The molecule has 1 rings (SSSR count). The first-order chi connectivity index (χ1) is 8.49. The first-order valence-corrected chi connectivity index (χ1v) is 6.24. The molecule has 0 aromatic heterocycles. The van der Waals surface area contributed by atoms with Crippen LogP contribution in [0.3, 0.4) is 0 Å². The minimum atomic E-state index is -0.267. The van der Waals surface area contributed by atoms with E-state index >= 15 is 0 Å². The summed E-state index contributed by atoms with van der Waals surface area (Å²) in [6.07, 6.45) is 0.968. The lowest BCUT2D eigenvalue weighted by molar-refractivity contribution is -0.141. The van der Waals surface area contributed by atoms with Crippen LogP contribution in [0, 0.1) is 5.92 Å². The van der Waals surface area contributed by atoms with Gasteiger partial charge in [-0.15, -0.1) is 0 Å². The molecule has 18 heavy (non-hydrogen) atoms. The molecule has 1 atom stereocenters. The molecule has 100 valence electrons. The summed E-state index contributed by atoms with van der Waals surface area (Å²) < 4.78 is 10.2. The van der Waals surface area contributed by atoms with Crippen molar-refractivity contribution < 1.29 is 14.3 Å². The van der Waals surface area contributed by atoms with Crippen molar-refractivity contribution >= 4 is 5.97 Å². The third kappa shape index (κ3) is 3.49. The number of hydrogen-bond donors (Lipinski definition) is 0. The highest BCUT2D eigenvalue weighted by molar-refractivity contribution is 5.77. The van der Waals surface area contributed by atoms with Gasteiger partial charge in [-0.05, 0) is 36.5 Å². The number of carbonyl (C=O) groups is 1. The average Bonchev–Trinajstić information content (AvgIpc) is 2.36. The fraction of sp³-hybridized carbons (Fsp3) is 0.533. The van der Waals surface area contributed by atoms with Gasteiger partial charge < -0.3 is 9.47 Å². The Morgan fingerprint density at radius 3 is 2.39 bits per heavy atom. The van der Waals surface area contributed by atoms with E-state index in [1.54, 1.807) is 7.11 Å². The van der Waals surface area contributed by atoms with Crippen LogP contribution in [0.5, 0.6) is 5.75 Å². The van der Waals surface area contributed by atoms with Crippen molar-refractivity contribution in [3.63, 3.8) is 0 Å². The van der Waals surface area contributed by atoms with Crippen LogP contribution < -0.4 is 4.74 Å². The number of carbonyl (C=O) groups excluding carboxylic acids is 1. The second-order valence-corrected chi connectivity index (χ2v) is 4.91. The number of esters is 1. The van der Waals surface area contributed by atoms with Gasteiger partial charge in [0, 0.05) is 0 Å². The molecule has 3 nitrogen and oxygen atoms in total. The smallest absolute Gasteiger partial charge is 0.312 e. The molecule has 1 aromatic rings. The van der Waals surface area contributed by atoms with Crippen LogP contribution in [0.25, 0.3) is 0 Å². The zero-order chi connectivity index (χ0) is 13.7. The Balaban J connectivity index is 3.01. The van der Waals surface area contributed by atoms with Crippen molar-refractivity contribution in [3.8, 4) is 5.75 Å². The highest BCUT2D eigenvalue weighted by Crippen LogP contribution is 2.27. The number of benzene rings is 1. The molecule has 0 aliphatic carbocycles. The summed E-state index contributed by atoms with van der Waals surface area (Å²) in [6.45, 7) is 6.18. The topological polar surface area (TPSA) is 35.5 Å². The standard InChI is InChI=1S/C15H22O3/c1-10(2)8-13-7-6-12(9-14(13)17-4)11(3)15(16)18-5/h6-7,9-11H,8H2,1-5H3. The monoisotopic (exact) mass is 250 g/mol. The van der Waals surface area contributed by atoms with Gasteiger partial charge in [0.1, 0.15) is 5.75 Å². The van der Waals surface area contributed by atoms with Gasteiger partial charge in [-0.2, -0.15) is 0 Å². The van der Waals surface area contributed by atoms with Crippen LogP contribution in [0.1, 0.15) is 37.8 Å². The second kappa shape index (κ2) is 6.43. The van der Waals surface area contributed by atoms with Crippen molar-refractivity contribution in [2.75, 3.05) is 14.2 Å². The Bertz CT molecular complexity index is 410. The Hall–Kier alpha value is -1.51. The van der Waals surface area contributed by atoms with Gasteiger partial charge >= 0.3 is 5.97 Å². The lowest BCUT2D eigenvalue weighted by Gasteiger charge is -2.15. The first kappa shape index (κ1) is 14.6. The summed E-state index contributed by atoms with van der Waals surface area (Å²) in [4.78, 5) is 11.5. The molecule has 0 N–H and O–H groups in total. The summed E-state index contributed by atoms with van der Waals surface area (Å²) in [5, 5.41) is 0. The van der Waals surface area contributed by atoms with Gasteiger partial charge in [0.2, 0.25) is 0 Å². The molecule has 0 fully saturated rings. The van der Waals surface area contributed by atoms with Gasteiger partial charge in [0.25, 0.3) is 0 Å². The molecular weight excluding hydrogens is 228 g/mol. The zero-order valence-corrected chi connectivity index (χ0v) is 11.8. The molecule has 0 spiro atoms. The van der Waals surface area contributed by atoms with Crippen LogP contribution in [0.2, 0.25) is 0 Å². The van der Waals surface area contributed by atoms with E-state index in [1.165, 1.54) is 12.7 Å². The largest absolute Gasteiger partial charge is 0.496 e. The summed E-state index contributed by atoms with van der Waals surface area (Å²) >= 11 is 0. The lowest BCUT2D eigenvalue weighted by atomic mass is 9.96. The summed E-state index contributed by atoms with van der Waals surface area (Å²) in [6, 6.07) is 5.94. The molecule has 3 heteroatoms. The maximum absolute atomic E-state index is 11.5. The SMILES string of the molecule is COC(=O)C(C)c1ccc(CC(C)C)c(OC)c1. The number of methoxy groups -OCH3 is 2. The molecule has 0 bridgehead atoms. The van der Waals surface area contributed by atoms with E-state index in [0.717, 1.165) is 17.7 Å². The van der Waals surface area contributed by atoms with Gasteiger partial charge in [-0.1, -0.05) is 26.0 Å². The van der Waals surface area contributed by atoms with E-state index < -0.39 is 0 Å². The van der Waals surface area contributed by atoms with E-state index in [9.17, 15) is 4.79 Å². The third-order valence-electron chi connectivity index (χ3n) is 2.99. The zero-order valence-electron chi connectivity index (χ0n) is 11.8. The number of hydrogen-bond acceptors (Lipinski definition) is 3. The molecule has 0 radical (unpaired) electrons. The quantitative estimate of drug-likeness (QED) is 0.753. The van der Waals surface area contributed by atoms with Crippen molar-refractivity contribution in [2.24, 2.45) is 5.92 Å². The Labute approximate surface area is 109 Å². The number of rotatable bonds is 5. The van der Waals surface area contributed by atoms with Crippen LogP contribution >= 0.6 is 0 Å². The van der Waals surface area contributed by atoms with Crippen LogP contribution in [-0.2, 0) is 16.0 Å². The Morgan fingerprint density at radius 1 is 1.22 bits per heavy atom. The summed E-state index contributed by atoms with van der Waals surface area (Å²) in [7, 11) is 3.06. The van der Waals surface area contributed by atoms with Gasteiger partial charge in [-0.3, -0.25) is 4.79 Å². The normalized spacial score (nSPS) is 12.3. The average molecular weight is 250 g/mol. The fourth-order valence-electron chi connectivity index (χ4n) is 1.95. The van der Waals surface area contributed by atoms with E-state index in [4.69, 9.17) is 9.47 Å². The third-order valence-corrected chi connectivity index (χ3v) is 2.99. The maximum Gasteiger partial charge on any atom is 0.312 e. The molecule has 0 saturated heterocycles. The summed E-state index contributed by atoms with van der Waals surface area (Å²) in [5.74, 6) is 0.922. The van der Waals surface area contributed by atoms with E-state index in [2.05, 4.69) is 13.8 Å². The van der Waals surface area contributed by atoms with Crippen LogP contribution in [0.4, 0.5) is 0 Å². The molecule has 0 amide bonds. The first-order valence-electron chi connectivity index (χ1n) is 6.24. The van der Waals surface area contributed by atoms with Crippen molar-refractivity contribution in [3.05, 3.63) is 29.3 Å². The molecule has 0 saturated carbocycles. The summed E-state index contributed by atoms with van der Waals surface area (Å²) in [5.41, 5.74) is 2.10. The predicted octanol–water partition coefficient (Wildman–Crippen LogP) is 3.17. The molecule has 0 aliphatic rings. The van der Waals surface area contributed by atoms with Crippen LogP contribution in [-0.4, -0.2) is 20.2 Å². The van der Waals surface area contributed by atoms with Crippen molar-refractivity contribution in [1.29, 1.82) is 0 Å². The van der Waals surface area contributed by atoms with Gasteiger partial charge in [-0.25, -0.2) is 0 Å². The highest BCUT2D eigenvalue weighted by atomic mass is 16.5. The van der Waals surface area contributed by atoms with Crippen molar-refractivity contribution in [2.45, 2.75) is 33.1 Å².